The van der Waals surface area contributed by atoms with E-state index in [9.17, 15) is 13.2 Å². The number of nitrogens with one attached hydrogen (secondary N) is 1. The summed E-state index contributed by atoms with van der Waals surface area (Å²) in [7, 11) is -1.60. The number of carboxylic acids is 1. The van der Waals surface area contributed by atoms with Crippen LogP contribution >= 0.6 is 0 Å². The zero-order valence-electron chi connectivity index (χ0n) is 10.2. The molecular formula is C10H17N3O4S. The first kappa shape index (κ1) is 14.7. The number of nitrogens with zero attached hydrogens (tertiary/aromatic N) is 2. The van der Waals surface area contributed by atoms with Crippen molar-refractivity contribution in [1.82, 2.24) is 14.5 Å². The molecular weight excluding hydrogens is 258 g/mol. The van der Waals surface area contributed by atoms with E-state index >= 15 is 0 Å². The molecule has 0 atom stereocenters. The van der Waals surface area contributed by atoms with Gasteiger partial charge < -0.3 is 5.11 Å². The Balaban J connectivity index is 2.27. The molecule has 0 bridgehead atoms. The van der Waals surface area contributed by atoms with E-state index in [0.29, 0.717) is 6.42 Å². The van der Waals surface area contributed by atoms with Crippen molar-refractivity contribution in [2.75, 3.05) is 12.3 Å². The maximum absolute atomic E-state index is 11.5. The number of hydrogen-bond donors (Lipinski definition) is 2. The molecule has 0 amide bonds. The minimum atomic E-state index is -3.39. The minimum absolute atomic E-state index is 0.119. The first-order valence-corrected chi connectivity index (χ1v) is 7.22. The van der Waals surface area contributed by atoms with E-state index in [4.69, 9.17) is 5.11 Å². The first-order chi connectivity index (χ1) is 8.39. The summed E-state index contributed by atoms with van der Waals surface area (Å²) in [6.07, 6.45) is 2.28. The van der Waals surface area contributed by atoms with Gasteiger partial charge in [0.15, 0.2) is 0 Å². The average Bonchev–Trinajstić information content (AvgIpc) is 2.63. The van der Waals surface area contributed by atoms with Crippen molar-refractivity contribution in [3.8, 4) is 0 Å². The summed E-state index contributed by atoms with van der Waals surface area (Å²) in [5.41, 5.74) is 0.811. The van der Waals surface area contributed by atoms with Gasteiger partial charge in [0.25, 0.3) is 0 Å². The van der Waals surface area contributed by atoms with E-state index < -0.39 is 16.0 Å². The fraction of sp³-hybridized carbons (Fsp3) is 0.600. The molecule has 0 aliphatic heterocycles. The minimum Gasteiger partial charge on any atom is -0.481 e. The summed E-state index contributed by atoms with van der Waals surface area (Å²) >= 11 is 0. The third-order valence-electron chi connectivity index (χ3n) is 2.28. The van der Waals surface area contributed by atoms with Crippen molar-refractivity contribution < 1.29 is 18.3 Å². The van der Waals surface area contributed by atoms with Gasteiger partial charge in [-0.1, -0.05) is 0 Å². The number of carboxylic acid groups (broad SMARTS) is 1. The van der Waals surface area contributed by atoms with Crippen molar-refractivity contribution in [3.63, 3.8) is 0 Å². The zero-order valence-corrected chi connectivity index (χ0v) is 11.0. The highest BCUT2D eigenvalue weighted by molar-refractivity contribution is 7.89. The van der Waals surface area contributed by atoms with Gasteiger partial charge in [0.1, 0.15) is 0 Å². The van der Waals surface area contributed by atoms with Gasteiger partial charge in [-0.25, -0.2) is 13.1 Å². The highest BCUT2D eigenvalue weighted by Crippen LogP contribution is 1.97. The Morgan fingerprint density at radius 1 is 1.56 bits per heavy atom. The van der Waals surface area contributed by atoms with Crippen LogP contribution < -0.4 is 4.72 Å². The van der Waals surface area contributed by atoms with Crippen molar-refractivity contribution in [3.05, 3.63) is 18.0 Å². The fourth-order valence-electron chi connectivity index (χ4n) is 1.42. The van der Waals surface area contributed by atoms with Gasteiger partial charge in [0, 0.05) is 32.6 Å². The predicted octanol–water partition coefficient (Wildman–Crippen LogP) is -0.253. The molecule has 18 heavy (non-hydrogen) atoms. The average molecular weight is 275 g/mol. The quantitative estimate of drug-likeness (QED) is 0.681. The highest BCUT2D eigenvalue weighted by atomic mass is 32.2. The molecule has 0 aliphatic rings. The zero-order chi connectivity index (χ0) is 13.6. The Morgan fingerprint density at radius 2 is 2.28 bits per heavy atom. The van der Waals surface area contributed by atoms with Crippen molar-refractivity contribution in [2.24, 2.45) is 7.05 Å². The number of sulfonamides is 1. The van der Waals surface area contributed by atoms with Crippen molar-refractivity contribution in [1.29, 1.82) is 0 Å². The van der Waals surface area contributed by atoms with E-state index in [1.165, 1.54) is 0 Å². The summed E-state index contributed by atoms with van der Waals surface area (Å²) < 4.78 is 27.0. The number of aromatic nitrogens is 2. The second-order valence-corrected chi connectivity index (χ2v) is 5.87. The molecule has 0 fully saturated rings. The lowest BCUT2D eigenvalue weighted by atomic mass is 10.3. The molecule has 0 saturated heterocycles. The molecule has 0 spiro atoms. The van der Waals surface area contributed by atoms with Crippen LogP contribution in [0.2, 0.25) is 0 Å². The van der Waals surface area contributed by atoms with Gasteiger partial charge in [0.2, 0.25) is 10.0 Å². The molecule has 7 nitrogen and oxygen atoms in total. The second kappa shape index (κ2) is 6.50. The van der Waals surface area contributed by atoms with E-state index in [1.54, 1.807) is 17.9 Å². The number of hydrogen-bond acceptors (Lipinski definition) is 4. The van der Waals surface area contributed by atoms with Crippen LogP contribution in [-0.4, -0.2) is 41.6 Å². The maximum Gasteiger partial charge on any atom is 0.303 e. The molecule has 1 aromatic heterocycles. The van der Waals surface area contributed by atoms with Crippen LogP contribution in [0.4, 0.5) is 0 Å². The molecule has 1 rings (SSSR count). The summed E-state index contributed by atoms with van der Waals surface area (Å²) in [5.74, 6) is -1.15. The van der Waals surface area contributed by atoms with Crippen LogP contribution in [0.15, 0.2) is 12.3 Å². The topological polar surface area (TPSA) is 101 Å². The van der Waals surface area contributed by atoms with Crippen molar-refractivity contribution >= 4 is 16.0 Å². The number of aliphatic carboxylic acids is 1. The Labute approximate surface area is 106 Å². The largest absolute Gasteiger partial charge is 0.481 e. The van der Waals surface area contributed by atoms with Crippen LogP contribution in [0.1, 0.15) is 18.5 Å². The molecule has 0 unspecified atom stereocenters. The summed E-state index contributed by atoms with van der Waals surface area (Å²) in [4.78, 5) is 10.3. The molecule has 0 saturated carbocycles. The van der Waals surface area contributed by atoms with Crippen LogP contribution in [0.25, 0.3) is 0 Å². The maximum atomic E-state index is 11.5. The fourth-order valence-corrected chi connectivity index (χ4v) is 2.50. The van der Waals surface area contributed by atoms with Crippen LogP contribution in [0.5, 0.6) is 0 Å². The third kappa shape index (κ3) is 5.78. The molecule has 2 N–H and O–H groups in total. The van der Waals surface area contributed by atoms with Crippen molar-refractivity contribution in [2.45, 2.75) is 19.3 Å². The summed E-state index contributed by atoms with van der Waals surface area (Å²) in [6.45, 7) is 0.270. The Bertz CT molecular complexity index is 495. The second-order valence-electron chi connectivity index (χ2n) is 3.94. The molecule has 8 heteroatoms. The van der Waals surface area contributed by atoms with Crippen LogP contribution in [0.3, 0.4) is 0 Å². The third-order valence-corrected chi connectivity index (χ3v) is 3.75. The lowest BCUT2D eigenvalue weighted by Crippen LogP contribution is -2.28. The van der Waals surface area contributed by atoms with E-state index in [2.05, 4.69) is 9.82 Å². The van der Waals surface area contributed by atoms with E-state index in [1.807, 2.05) is 6.07 Å². The van der Waals surface area contributed by atoms with Gasteiger partial charge in [-0.2, -0.15) is 5.10 Å². The lowest BCUT2D eigenvalue weighted by molar-refractivity contribution is -0.137. The molecule has 102 valence electrons. The van der Waals surface area contributed by atoms with Gasteiger partial charge in [-0.05, 0) is 12.5 Å². The molecule has 0 aliphatic carbocycles. The predicted molar refractivity (Wildman–Crippen MR) is 65.6 cm³/mol. The highest BCUT2D eigenvalue weighted by Gasteiger charge is 2.10. The normalized spacial score (nSPS) is 11.6. The molecule has 1 heterocycles. The van der Waals surface area contributed by atoms with Crippen LogP contribution in [0, 0.1) is 0 Å². The molecule has 1 aromatic rings. The Hall–Kier alpha value is -1.41. The SMILES string of the molecule is Cn1ccc(CCNS(=O)(=O)CCCC(=O)O)n1. The van der Waals surface area contributed by atoms with E-state index in [0.717, 1.165) is 5.69 Å². The monoisotopic (exact) mass is 275 g/mol. The number of rotatable bonds is 8. The Kier molecular flexibility index (Phi) is 5.29. The van der Waals surface area contributed by atoms with Crippen LogP contribution in [-0.2, 0) is 28.3 Å². The Morgan fingerprint density at radius 3 is 2.83 bits per heavy atom. The van der Waals surface area contributed by atoms with Gasteiger partial charge in [-0.3, -0.25) is 9.48 Å². The van der Waals surface area contributed by atoms with E-state index in [-0.39, 0.29) is 25.1 Å². The lowest BCUT2D eigenvalue weighted by Gasteiger charge is -2.04. The molecule has 0 aromatic carbocycles. The summed E-state index contributed by atoms with van der Waals surface area (Å²) in [5, 5.41) is 12.5. The molecule has 0 radical (unpaired) electrons. The first-order valence-electron chi connectivity index (χ1n) is 5.57. The number of aryl methyl sites for hydroxylation is 1. The van der Waals surface area contributed by atoms with Gasteiger partial charge >= 0.3 is 5.97 Å². The number of carbonyl (C=O) groups is 1. The van der Waals surface area contributed by atoms with Gasteiger partial charge in [-0.15, -0.1) is 0 Å². The summed E-state index contributed by atoms with van der Waals surface area (Å²) in [6, 6.07) is 1.82. The van der Waals surface area contributed by atoms with Gasteiger partial charge in [0.05, 0.1) is 11.4 Å². The standard InChI is InChI=1S/C10H17N3O4S/c1-13-7-5-9(12-13)4-6-11-18(16,17)8-2-3-10(14)15/h5,7,11H,2-4,6,8H2,1H3,(H,14,15). The smallest absolute Gasteiger partial charge is 0.303 e.